The van der Waals surface area contributed by atoms with Gasteiger partial charge in [0.1, 0.15) is 0 Å². The second-order valence-corrected chi connectivity index (χ2v) is 7.97. The van der Waals surface area contributed by atoms with E-state index in [0.717, 1.165) is 39.3 Å². The van der Waals surface area contributed by atoms with Crippen LogP contribution in [0.15, 0.2) is 0 Å². The second kappa shape index (κ2) is 7.40. The Labute approximate surface area is 145 Å². The molecule has 6 nitrogen and oxygen atoms in total. The summed E-state index contributed by atoms with van der Waals surface area (Å²) in [5.41, 5.74) is 0. The van der Waals surface area contributed by atoms with E-state index >= 15 is 0 Å². The molecule has 2 saturated heterocycles. The lowest BCUT2D eigenvalue weighted by molar-refractivity contribution is -0.131. The monoisotopic (exact) mass is 336 g/mol. The highest BCUT2D eigenvalue weighted by atomic mass is 16.2. The third kappa shape index (κ3) is 4.28. The van der Waals surface area contributed by atoms with Crippen LogP contribution in [0.1, 0.15) is 33.6 Å². The number of hydrogen-bond acceptors (Lipinski definition) is 4. The first-order valence-corrected chi connectivity index (χ1v) is 9.45. The Morgan fingerprint density at radius 1 is 1.12 bits per heavy atom. The molecule has 0 unspecified atom stereocenters. The van der Waals surface area contributed by atoms with E-state index in [1.165, 1.54) is 12.8 Å². The van der Waals surface area contributed by atoms with Crippen LogP contribution < -0.4 is 5.32 Å². The fraction of sp³-hybridized carbons (Fsp3) is 0.889. The topological polar surface area (TPSA) is 55.9 Å². The fourth-order valence-electron chi connectivity index (χ4n) is 4.24. The van der Waals surface area contributed by atoms with Gasteiger partial charge in [0.25, 0.3) is 0 Å². The number of rotatable bonds is 5. The highest BCUT2D eigenvalue weighted by Crippen LogP contribution is 2.32. The summed E-state index contributed by atoms with van der Waals surface area (Å²) in [6, 6.07) is 0.834. The summed E-state index contributed by atoms with van der Waals surface area (Å²) < 4.78 is 0. The summed E-state index contributed by atoms with van der Waals surface area (Å²) in [4.78, 5) is 30.4. The minimum atomic E-state index is 0.170. The van der Waals surface area contributed by atoms with Crippen molar-refractivity contribution in [2.24, 2.45) is 11.8 Å². The molecule has 136 valence electrons. The maximum Gasteiger partial charge on any atom is 0.234 e. The number of carbonyl (C=O) groups is 2. The lowest BCUT2D eigenvalue weighted by Gasteiger charge is -2.39. The molecule has 1 aliphatic carbocycles. The Morgan fingerprint density at radius 2 is 1.79 bits per heavy atom. The van der Waals surface area contributed by atoms with E-state index in [9.17, 15) is 9.59 Å². The molecule has 0 bridgehead atoms. The molecule has 0 aromatic heterocycles. The van der Waals surface area contributed by atoms with Crippen molar-refractivity contribution in [1.29, 1.82) is 0 Å². The van der Waals surface area contributed by atoms with E-state index in [1.807, 2.05) is 4.90 Å². The lowest BCUT2D eigenvalue weighted by Crippen LogP contribution is -2.53. The van der Waals surface area contributed by atoms with Gasteiger partial charge < -0.3 is 10.2 Å². The van der Waals surface area contributed by atoms with Gasteiger partial charge in [0.2, 0.25) is 11.8 Å². The first-order valence-electron chi connectivity index (χ1n) is 9.45. The Kier molecular flexibility index (Phi) is 5.45. The average molecular weight is 336 g/mol. The van der Waals surface area contributed by atoms with Crippen molar-refractivity contribution in [3.8, 4) is 0 Å². The van der Waals surface area contributed by atoms with Gasteiger partial charge in [-0.25, -0.2) is 0 Å². The molecule has 0 radical (unpaired) electrons. The van der Waals surface area contributed by atoms with Crippen LogP contribution in [0.3, 0.4) is 0 Å². The van der Waals surface area contributed by atoms with Crippen molar-refractivity contribution < 1.29 is 9.59 Å². The van der Waals surface area contributed by atoms with Crippen molar-refractivity contribution in [1.82, 2.24) is 20.0 Å². The van der Waals surface area contributed by atoms with E-state index in [0.29, 0.717) is 30.5 Å². The molecular weight excluding hydrogens is 304 g/mol. The number of hydrogen-bond donors (Lipinski definition) is 1. The highest BCUT2D eigenvalue weighted by Gasteiger charge is 2.36. The van der Waals surface area contributed by atoms with E-state index in [1.54, 1.807) is 6.92 Å². The van der Waals surface area contributed by atoms with Crippen molar-refractivity contribution in [2.45, 2.75) is 45.7 Å². The van der Waals surface area contributed by atoms with Crippen LogP contribution >= 0.6 is 0 Å². The maximum absolute atomic E-state index is 12.2. The van der Waals surface area contributed by atoms with Gasteiger partial charge in [0.05, 0.1) is 6.54 Å². The van der Waals surface area contributed by atoms with Crippen molar-refractivity contribution in [3.05, 3.63) is 0 Å². The van der Waals surface area contributed by atoms with Crippen molar-refractivity contribution in [3.63, 3.8) is 0 Å². The summed E-state index contributed by atoms with van der Waals surface area (Å²) in [7, 11) is 0. The highest BCUT2D eigenvalue weighted by molar-refractivity contribution is 5.78. The predicted molar refractivity (Wildman–Crippen MR) is 93.5 cm³/mol. The first-order chi connectivity index (χ1) is 11.4. The molecule has 0 spiro atoms. The Morgan fingerprint density at radius 3 is 2.38 bits per heavy atom. The van der Waals surface area contributed by atoms with E-state index in [4.69, 9.17) is 0 Å². The summed E-state index contributed by atoms with van der Waals surface area (Å²) in [5.74, 6) is 1.63. The predicted octanol–water partition coefficient (Wildman–Crippen LogP) is 0.386. The molecule has 3 fully saturated rings. The van der Waals surface area contributed by atoms with E-state index in [2.05, 4.69) is 29.0 Å². The number of likely N-dealkylation sites (tertiary alicyclic amines) is 1. The second-order valence-electron chi connectivity index (χ2n) is 7.97. The standard InChI is InChI=1S/C18H32N4O2/c1-13-10-20(12-18(24)19-14(2)16-4-5-16)11-17(13)22-8-6-21(7-9-22)15(3)23/h13-14,16-17H,4-12H2,1-3H3,(H,19,24)/t13-,14+,17+/m0/s1. The van der Waals surface area contributed by atoms with Crippen LogP contribution in [0.5, 0.6) is 0 Å². The molecule has 0 aromatic carbocycles. The molecule has 2 heterocycles. The van der Waals surface area contributed by atoms with Crippen LogP contribution in [0.4, 0.5) is 0 Å². The Bertz CT molecular complexity index is 472. The van der Waals surface area contributed by atoms with Gasteiger partial charge in [-0.1, -0.05) is 6.92 Å². The maximum atomic E-state index is 12.2. The number of carbonyl (C=O) groups excluding carboxylic acids is 2. The van der Waals surface area contributed by atoms with Crippen molar-refractivity contribution >= 4 is 11.8 Å². The van der Waals surface area contributed by atoms with Gasteiger partial charge in [-0.2, -0.15) is 0 Å². The minimum absolute atomic E-state index is 0.170. The van der Waals surface area contributed by atoms with Gasteiger partial charge in [-0.05, 0) is 31.6 Å². The lowest BCUT2D eigenvalue weighted by atomic mass is 10.0. The smallest absolute Gasteiger partial charge is 0.234 e. The summed E-state index contributed by atoms with van der Waals surface area (Å²) in [6.07, 6.45) is 2.52. The minimum Gasteiger partial charge on any atom is -0.352 e. The molecule has 1 saturated carbocycles. The molecule has 2 aliphatic heterocycles. The third-order valence-corrected chi connectivity index (χ3v) is 5.96. The number of amides is 2. The van der Waals surface area contributed by atoms with Crippen LogP contribution in [0.25, 0.3) is 0 Å². The summed E-state index contributed by atoms with van der Waals surface area (Å²) >= 11 is 0. The van der Waals surface area contributed by atoms with Gasteiger partial charge in [0.15, 0.2) is 0 Å². The van der Waals surface area contributed by atoms with Gasteiger partial charge >= 0.3 is 0 Å². The molecule has 1 N–H and O–H groups in total. The molecule has 0 aromatic rings. The summed E-state index contributed by atoms with van der Waals surface area (Å²) in [5, 5.41) is 3.16. The zero-order chi connectivity index (χ0) is 17.3. The van der Waals surface area contributed by atoms with Crippen molar-refractivity contribution in [2.75, 3.05) is 45.8 Å². The van der Waals surface area contributed by atoms with Crippen LogP contribution in [0, 0.1) is 11.8 Å². The summed E-state index contributed by atoms with van der Waals surface area (Å²) in [6.45, 7) is 12.1. The fourth-order valence-corrected chi connectivity index (χ4v) is 4.24. The largest absolute Gasteiger partial charge is 0.352 e. The third-order valence-electron chi connectivity index (χ3n) is 5.96. The first kappa shape index (κ1) is 17.7. The molecule has 24 heavy (non-hydrogen) atoms. The number of nitrogens with zero attached hydrogens (tertiary/aromatic N) is 3. The quantitative estimate of drug-likeness (QED) is 0.789. The van der Waals surface area contributed by atoms with Crippen LogP contribution in [-0.4, -0.2) is 84.4 Å². The van der Waals surface area contributed by atoms with Crippen LogP contribution in [0.2, 0.25) is 0 Å². The van der Waals surface area contributed by atoms with E-state index in [-0.39, 0.29) is 11.8 Å². The van der Waals surface area contributed by atoms with Gasteiger partial charge in [-0.15, -0.1) is 0 Å². The van der Waals surface area contributed by atoms with Gasteiger partial charge in [0, 0.05) is 58.3 Å². The van der Waals surface area contributed by atoms with Crippen LogP contribution in [-0.2, 0) is 9.59 Å². The molecule has 3 aliphatic rings. The van der Waals surface area contributed by atoms with Gasteiger partial charge in [-0.3, -0.25) is 19.4 Å². The van der Waals surface area contributed by atoms with E-state index < -0.39 is 0 Å². The zero-order valence-corrected chi connectivity index (χ0v) is 15.3. The molecule has 3 rings (SSSR count). The number of piperazine rings is 1. The number of nitrogens with one attached hydrogen (secondary N) is 1. The Hall–Kier alpha value is -1.14. The Balaban J connectivity index is 1.44. The SMILES string of the molecule is CC(=O)N1CCN([C@@H]2CN(CC(=O)N[C@H](C)C3CC3)C[C@@H]2C)CC1. The molecular formula is C18H32N4O2. The zero-order valence-electron chi connectivity index (χ0n) is 15.3. The molecule has 6 heteroatoms. The molecule has 2 amide bonds. The normalized spacial score (nSPS) is 30.4. The molecule has 3 atom stereocenters. The average Bonchev–Trinajstić information content (AvgIpc) is 3.32.